The van der Waals surface area contributed by atoms with Crippen LogP contribution in [0.1, 0.15) is 6.42 Å². The van der Waals surface area contributed by atoms with Crippen LogP contribution in [0, 0.1) is 6.58 Å². The van der Waals surface area contributed by atoms with E-state index in [1.54, 1.807) is 6.29 Å². The summed E-state index contributed by atoms with van der Waals surface area (Å²) in [4.78, 5) is 20.5. The van der Waals surface area contributed by atoms with Gasteiger partial charge in [-0.3, -0.25) is 17.7 Å². The van der Waals surface area contributed by atoms with Crippen LogP contribution < -0.4 is 0 Å². The van der Waals surface area contributed by atoms with Gasteiger partial charge in [0.2, 0.25) is 0 Å². The first-order chi connectivity index (χ1) is 4.25. The summed E-state index contributed by atoms with van der Waals surface area (Å²) in [6.45, 7) is 5.17. The van der Waals surface area contributed by atoms with E-state index in [4.69, 9.17) is 6.58 Å². The zero-order valence-corrected chi connectivity index (χ0v) is 6.24. The second-order valence-electron chi connectivity index (χ2n) is 1.76. The predicted molar refractivity (Wildman–Crippen MR) is 31.2 cm³/mol. The number of rotatable bonds is 1. The minimum atomic E-state index is -0.187. The third-order valence-electron chi connectivity index (χ3n) is 1.19. The van der Waals surface area contributed by atoms with E-state index in [-0.39, 0.29) is 40.4 Å². The molecule has 0 fully saturated rings. The molecule has 1 rings (SSSR count). The maximum Gasteiger partial charge on any atom is 2.00 e. The van der Waals surface area contributed by atoms with Crippen LogP contribution in [-0.4, -0.2) is 12.1 Å². The van der Waals surface area contributed by atoms with Crippen LogP contribution >= 0.6 is 0 Å². The summed E-state index contributed by atoms with van der Waals surface area (Å²) in [6.07, 6.45) is 3.30. The molecular weight excluding hydrogens is 171 g/mol. The van der Waals surface area contributed by atoms with Crippen molar-refractivity contribution in [3.05, 3.63) is 23.8 Å². The van der Waals surface area contributed by atoms with Crippen molar-refractivity contribution < 1.29 is 26.7 Å². The minimum absolute atomic E-state index is 0. The van der Waals surface area contributed by atoms with E-state index in [2.05, 4.69) is 0 Å². The van der Waals surface area contributed by atoms with Crippen molar-refractivity contribution in [2.75, 3.05) is 0 Å². The maximum absolute atomic E-state index is 10.6. The fourth-order valence-corrected chi connectivity index (χ4v) is 0.662. The molecule has 0 bridgehead atoms. The van der Waals surface area contributed by atoms with Gasteiger partial charge in [0.25, 0.3) is 0 Å². The molecule has 0 unspecified atom stereocenters. The first-order valence-electron chi connectivity index (χ1n) is 2.50. The Morgan fingerprint density at radius 3 is 2.40 bits per heavy atom. The number of ketones is 1. The van der Waals surface area contributed by atoms with Gasteiger partial charge in [0, 0.05) is 0 Å². The van der Waals surface area contributed by atoms with Crippen LogP contribution in [0.4, 0.5) is 0 Å². The van der Waals surface area contributed by atoms with Gasteiger partial charge in [-0.25, -0.2) is 6.08 Å². The summed E-state index contributed by atoms with van der Waals surface area (Å²) < 4.78 is 0. The average Bonchev–Trinajstić information content (AvgIpc) is 2.15. The van der Waals surface area contributed by atoms with Crippen LogP contribution in [-0.2, 0) is 26.7 Å². The van der Waals surface area contributed by atoms with E-state index in [9.17, 15) is 9.59 Å². The van der Waals surface area contributed by atoms with Crippen LogP contribution in [0.25, 0.3) is 0 Å². The average molecular weight is 175 g/mol. The molecule has 0 aliphatic heterocycles. The minimum Gasteiger partial charge on any atom is -0.391 e. The molecule has 0 aromatic heterocycles. The Morgan fingerprint density at radius 1 is 1.60 bits per heavy atom. The molecule has 0 amide bonds. The Morgan fingerprint density at radius 2 is 2.20 bits per heavy atom. The van der Waals surface area contributed by atoms with Crippen LogP contribution in [0.3, 0.4) is 0 Å². The molecule has 0 aromatic carbocycles. The quantitative estimate of drug-likeness (QED) is 0.327. The monoisotopic (exact) mass is 175 g/mol. The Balaban J connectivity index is 0.000000810. The van der Waals surface area contributed by atoms with Crippen molar-refractivity contribution in [3.63, 3.8) is 0 Å². The topological polar surface area (TPSA) is 34.1 Å². The predicted octanol–water partition coefficient (Wildman–Crippen LogP) is 0.352. The molecule has 0 aromatic rings. The molecule has 0 heterocycles. The smallest absolute Gasteiger partial charge is 0.391 e. The molecule has 1 radical (unpaired) electrons. The molecule has 3 heteroatoms. The molecule has 0 atom stereocenters. The van der Waals surface area contributed by atoms with Crippen molar-refractivity contribution in [2.24, 2.45) is 0 Å². The fourth-order valence-electron chi connectivity index (χ4n) is 0.662. The Bertz CT molecular complexity index is 216. The third kappa shape index (κ3) is 1.43. The summed E-state index contributed by atoms with van der Waals surface area (Å²) >= 11 is 0. The normalized spacial score (nSPS) is 16.2. The zero-order valence-electron chi connectivity index (χ0n) is 5.06. The van der Waals surface area contributed by atoms with Crippen molar-refractivity contribution >= 4 is 12.1 Å². The van der Waals surface area contributed by atoms with E-state index < -0.39 is 0 Å². The van der Waals surface area contributed by atoms with Gasteiger partial charge in [-0.2, -0.15) is 0 Å². The van der Waals surface area contributed by atoms with Crippen LogP contribution in [0.5, 0.6) is 0 Å². The molecule has 0 saturated carbocycles. The van der Waals surface area contributed by atoms with E-state index >= 15 is 0 Å². The van der Waals surface area contributed by atoms with Gasteiger partial charge in [0.1, 0.15) is 0 Å². The fraction of sp³-hybridized carbons (Fsp3) is 0.143. The van der Waals surface area contributed by atoms with E-state index in [0.29, 0.717) is 0 Å². The number of hydrogen-bond donors (Lipinski definition) is 0. The van der Waals surface area contributed by atoms with E-state index in [1.807, 2.05) is 0 Å². The Hall–Kier alpha value is -0.661. The van der Waals surface area contributed by atoms with Gasteiger partial charge >= 0.3 is 17.1 Å². The standard InChI is InChI=1S/C7H4O2.Mn/c1-5-6(4-8)2-3-7(5)9;/h1-2H,3H2;/q-2;+2. The number of allylic oxidation sites excluding steroid dienone is 3. The summed E-state index contributed by atoms with van der Waals surface area (Å²) in [5.41, 5.74) is 0.255. The van der Waals surface area contributed by atoms with Gasteiger partial charge < -0.3 is 9.59 Å². The molecule has 1 aliphatic carbocycles. The SMILES string of the molecule is [CH-]=C1C(=O)CC=C1[C-]=O.[Mn+2]. The van der Waals surface area contributed by atoms with Gasteiger partial charge in [-0.1, -0.05) is 6.42 Å². The Kier molecular flexibility index (Phi) is 3.26. The summed E-state index contributed by atoms with van der Waals surface area (Å²) in [5.74, 6) is -0.187. The van der Waals surface area contributed by atoms with Crippen LogP contribution in [0.15, 0.2) is 17.2 Å². The zero-order chi connectivity index (χ0) is 6.85. The van der Waals surface area contributed by atoms with Crippen molar-refractivity contribution in [3.8, 4) is 0 Å². The first kappa shape index (κ1) is 9.34. The van der Waals surface area contributed by atoms with Gasteiger partial charge in [0.05, 0.1) is 0 Å². The molecular formula is C7H4MnO2. The number of hydrogen-bond acceptors (Lipinski definition) is 2. The van der Waals surface area contributed by atoms with E-state index in [0.717, 1.165) is 0 Å². The molecule has 0 N–H and O–H groups in total. The van der Waals surface area contributed by atoms with Crippen molar-refractivity contribution in [1.82, 2.24) is 0 Å². The van der Waals surface area contributed by atoms with Crippen molar-refractivity contribution in [1.29, 1.82) is 0 Å². The number of Topliss-reactive ketones (excluding diaryl/α,β-unsaturated/α-hetero) is 1. The summed E-state index contributed by atoms with van der Waals surface area (Å²) in [7, 11) is 0. The van der Waals surface area contributed by atoms with Gasteiger partial charge in [-0.15, -0.1) is 0 Å². The molecule has 0 spiro atoms. The molecule has 1 aliphatic rings. The van der Waals surface area contributed by atoms with Crippen LogP contribution in [0.2, 0.25) is 0 Å². The molecule has 10 heavy (non-hydrogen) atoms. The van der Waals surface area contributed by atoms with Gasteiger partial charge in [0.15, 0.2) is 0 Å². The molecule has 0 saturated heterocycles. The van der Waals surface area contributed by atoms with Crippen molar-refractivity contribution in [2.45, 2.75) is 6.42 Å². The molecule has 51 valence electrons. The maximum atomic E-state index is 10.6. The summed E-state index contributed by atoms with van der Waals surface area (Å²) in [5, 5.41) is 0. The summed E-state index contributed by atoms with van der Waals surface area (Å²) in [6, 6.07) is 0. The van der Waals surface area contributed by atoms with Gasteiger partial charge in [-0.05, 0) is 12.1 Å². The Labute approximate surface area is 69.5 Å². The van der Waals surface area contributed by atoms with E-state index in [1.165, 1.54) is 6.08 Å². The second kappa shape index (κ2) is 3.49. The number of carbonyl (C=O) groups excluding carboxylic acids is 2. The third-order valence-corrected chi connectivity index (χ3v) is 1.19. The second-order valence-corrected chi connectivity index (χ2v) is 1.76. The largest absolute Gasteiger partial charge is 2.00 e. The number of carbonyl (C=O) groups is 1. The molecule has 2 nitrogen and oxygen atoms in total. The first-order valence-corrected chi connectivity index (χ1v) is 2.50.